The zero-order valence-electron chi connectivity index (χ0n) is 14.6. The lowest BCUT2D eigenvalue weighted by atomic mass is 10.2. The van der Waals surface area contributed by atoms with Gasteiger partial charge in [0.15, 0.2) is 5.82 Å². The Kier molecular flexibility index (Phi) is 5.30. The first-order valence-electron chi connectivity index (χ1n) is 8.50. The van der Waals surface area contributed by atoms with E-state index in [1.165, 1.54) is 0 Å². The number of thiazole rings is 1. The lowest BCUT2D eigenvalue weighted by Gasteiger charge is -2.37. The summed E-state index contributed by atoms with van der Waals surface area (Å²) in [7, 11) is 0. The van der Waals surface area contributed by atoms with Crippen LogP contribution in [0.3, 0.4) is 0 Å². The lowest BCUT2D eigenvalue weighted by molar-refractivity contribution is 0.197. The van der Waals surface area contributed by atoms with Crippen molar-refractivity contribution in [2.24, 2.45) is 5.92 Å². The van der Waals surface area contributed by atoms with E-state index >= 15 is 0 Å². The van der Waals surface area contributed by atoms with Gasteiger partial charge in [0.2, 0.25) is 0 Å². The third-order valence-electron chi connectivity index (χ3n) is 4.43. The van der Waals surface area contributed by atoms with E-state index in [4.69, 9.17) is 0 Å². The molecule has 7 heteroatoms. The molecule has 130 valence electrons. The molecule has 0 amide bonds. The minimum atomic E-state index is 0.0209. The molecule has 0 saturated carbocycles. The Balaban J connectivity index is 1.68. The second-order valence-corrected chi connectivity index (χ2v) is 7.60. The molecule has 3 heterocycles. The maximum Gasteiger partial charge on any atom is 0.293 e. The fourth-order valence-electron chi connectivity index (χ4n) is 3.11. The van der Waals surface area contributed by atoms with E-state index in [9.17, 15) is 4.79 Å². The van der Waals surface area contributed by atoms with Crippen molar-refractivity contribution >= 4 is 17.2 Å². The Bertz CT molecular complexity index is 704. The second-order valence-electron chi connectivity index (χ2n) is 6.67. The highest BCUT2D eigenvalue weighted by Crippen LogP contribution is 2.23. The van der Waals surface area contributed by atoms with Gasteiger partial charge in [-0.15, -0.1) is 11.3 Å². The topological polar surface area (TPSA) is 54.3 Å². The molecule has 0 aromatic carbocycles. The van der Waals surface area contributed by atoms with Crippen LogP contribution in [0.4, 0.5) is 5.82 Å². The molecule has 0 N–H and O–H groups in total. The van der Waals surface area contributed by atoms with Gasteiger partial charge >= 0.3 is 0 Å². The van der Waals surface area contributed by atoms with Crippen LogP contribution in [0.1, 0.15) is 31.8 Å². The summed E-state index contributed by atoms with van der Waals surface area (Å²) in [5, 5.41) is 3.17. The number of anilines is 1. The van der Waals surface area contributed by atoms with Crippen LogP contribution in [-0.4, -0.2) is 45.6 Å². The van der Waals surface area contributed by atoms with Crippen molar-refractivity contribution in [3.05, 3.63) is 39.3 Å². The van der Waals surface area contributed by atoms with Crippen molar-refractivity contribution < 1.29 is 0 Å². The van der Waals surface area contributed by atoms with E-state index in [2.05, 4.69) is 40.5 Å². The highest BCUT2D eigenvalue weighted by molar-refractivity contribution is 7.09. The highest BCUT2D eigenvalue weighted by Gasteiger charge is 2.25. The Hall–Kier alpha value is -1.73. The second kappa shape index (κ2) is 7.44. The van der Waals surface area contributed by atoms with E-state index < -0.39 is 0 Å². The first-order valence-corrected chi connectivity index (χ1v) is 9.38. The fourth-order valence-corrected chi connectivity index (χ4v) is 3.84. The SMILES string of the molecule is CC(C)Cn1ccnc(N2CCN(C(C)c3nccs3)CC2)c1=O. The average molecular weight is 347 g/mol. The average Bonchev–Trinajstić information content (AvgIpc) is 3.10. The van der Waals surface area contributed by atoms with E-state index in [0.717, 1.165) is 37.7 Å². The third kappa shape index (κ3) is 3.67. The fraction of sp³-hybridized carbons (Fsp3) is 0.588. The molecule has 1 aliphatic heterocycles. The van der Waals surface area contributed by atoms with Gasteiger partial charge in [-0.1, -0.05) is 13.8 Å². The van der Waals surface area contributed by atoms with E-state index in [1.54, 1.807) is 28.3 Å². The van der Waals surface area contributed by atoms with E-state index in [-0.39, 0.29) is 5.56 Å². The van der Waals surface area contributed by atoms with Gasteiger partial charge in [0.05, 0.1) is 6.04 Å². The van der Waals surface area contributed by atoms with Gasteiger partial charge < -0.3 is 9.47 Å². The maximum atomic E-state index is 12.6. The molecule has 2 aromatic heterocycles. The molecule has 1 fully saturated rings. The number of aromatic nitrogens is 3. The molecule has 1 aliphatic rings. The summed E-state index contributed by atoms with van der Waals surface area (Å²) in [6.07, 6.45) is 5.38. The number of nitrogens with zero attached hydrogens (tertiary/aromatic N) is 5. The highest BCUT2D eigenvalue weighted by atomic mass is 32.1. The van der Waals surface area contributed by atoms with Gasteiger partial charge in [-0.05, 0) is 12.8 Å². The van der Waals surface area contributed by atoms with Crippen LogP contribution in [-0.2, 0) is 6.54 Å². The predicted octanol–water partition coefficient (Wildman–Crippen LogP) is 2.24. The van der Waals surface area contributed by atoms with Gasteiger partial charge in [-0.2, -0.15) is 0 Å². The molecule has 0 bridgehead atoms. The lowest BCUT2D eigenvalue weighted by Crippen LogP contribution is -2.49. The van der Waals surface area contributed by atoms with Gasteiger partial charge in [-0.3, -0.25) is 9.69 Å². The van der Waals surface area contributed by atoms with Gasteiger partial charge in [-0.25, -0.2) is 9.97 Å². The third-order valence-corrected chi connectivity index (χ3v) is 5.37. The minimum absolute atomic E-state index is 0.0209. The molecule has 2 aromatic rings. The monoisotopic (exact) mass is 347 g/mol. The Labute approximate surface area is 146 Å². The Morgan fingerprint density at radius 2 is 1.88 bits per heavy atom. The zero-order chi connectivity index (χ0) is 17.1. The predicted molar refractivity (Wildman–Crippen MR) is 97.7 cm³/mol. The molecule has 0 aliphatic carbocycles. The molecule has 6 nitrogen and oxygen atoms in total. The summed E-state index contributed by atoms with van der Waals surface area (Å²) in [6.45, 7) is 10.6. The summed E-state index contributed by atoms with van der Waals surface area (Å²) in [4.78, 5) is 26.0. The first-order chi connectivity index (χ1) is 11.6. The summed E-state index contributed by atoms with van der Waals surface area (Å²) in [5.74, 6) is 1.02. The summed E-state index contributed by atoms with van der Waals surface area (Å²) >= 11 is 1.70. The molecular formula is C17H25N5OS. The van der Waals surface area contributed by atoms with Crippen molar-refractivity contribution in [1.82, 2.24) is 19.4 Å². The van der Waals surface area contributed by atoms with Crippen LogP contribution in [0.25, 0.3) is 0 Å². The molecular weight excluding hydrogens is 322 g/mol. The molecule has 0 spiro atoms. The summed E-state index contributed by atoms with van der Waals surface area (Å²) in [6, 6.07) is 0.327. The number of rotatable bonds is 5. The summed E-state index contributed by atoms with van der Waals surface area (Å²) < 4.78 is 1.78. The smallest absolute Gasteiger partial charge is 0.293 e. The van der Waals surface area contributed by atoms with Crippen molar-refractivity contribution in [3.63, 3.8) is 0 Å². The number of hydrogen-bond acceptors (Lipinski definition) is 6. The first kappa shape index (κ1) is 17.1. The van der Waals surface area contributed by atoms with Gasteiger partial charge in [0, 0.05) is 56.7 Å². The molecule has 1 saturated heterocycles. The van der Waals surface area contributed by atoms with Crippen molar-refractivity contribution in [2.75, 3.05) is 31.1 Å². The van der Waals surface area contributed by atoms with Crippen molar-refractivity contribution in [3.8, 4) is 0 Å². The Morgan fingerprint density at radius 1 is 1.12 bits per heavy atom. The van der Waals surface area contributed by atoms with Crippen LogP contribution in [0.5, 0.6) is 0 Å². The standard InChI is InChI=1S/C17H25N5OS/c1-13(2)12-22-6-4-18-15(17(22)23)21-9-7-20(8-10-21)14(3)16-19-5-11-24-16/h4-6,11,13-14H,7-10,12H2,1-3H3. The number of hydrogen-bond donors (Lipinski definition) is 0. The molecule has 1 atom stereocenters. The zero-order valence-corrected chi connectivity index (χ0v) is 15.4. The van der Waals surface area contributed by atoms with Crippen LogP contribution in [0.15, 0.2) is 28.8 Å². The molecule has 0 radical (unpaired) electrons. The van der Waals surface area contributed by atoms with Crippen molar-refractivity contribution in [2.45, 2.75) is 33.4 Å². The largest absolute Gasteiger partial charge is 0.349 e. The van der Waals surface area contributed by atoms with Crippen LogP contribution in [0.2, 0.25) is 0 Å². The summed E-state index contributed by atoms with van der Waals surface area (Å²) in [5.41, 5.74) is 0.0209. The van der Waals surface area contributed by atoms with E-state index in [1.807, 2.05) is 11.6 Å². The van der Waals surface area contributed by atoms with Gasteiger partial charge in [0.25, 0.3) is 5.56 Å². The van der Waals surface area contributed by atoms with E-state index in [0.29, 0.717) is 17.8 Å². The maximum absolute atomic E-state index is 12.6. The van der Waals surface area contributed by atoms with Crippen LogP contribution >= 0.6 is 11.3 Å². The van der Waals surface area contributed by atoms with Crippen LogP contribution in [0, 0.1) is 5.92 Å². The van der Waals surface area contributed by atoms with Gasteiger partial charge in [0.1, 0.15) is 5.01 Å². The van der Waals surface area contributed by atoms with Crippen LogP contribution < -0.4 is 10.5 Å². The normalized spacial score (nSPS) is 17.4. The molecule has 3 rings (SSSR count). The molecule has 24 heavy (non-hydrogen) atoms. The molecule has 1 unspecified atom stereocenters. The van der Waals surface area contributed by atoms with Crippen molar-refractivity contribution in [1.29, 1.82) is 0 Å². The quantitative estimate of drug-likeness (QED) is 0.830. The number of piperazine rings is 1. The Morgan fingerprint density at radius 3 is 2.50 bits per heavy atom. The minimum Gasteiger partial charge on any atom is -0.349 e.